The van der Waals surface area contributed by atoms with E-state index in [4.69, 9.17) is 9.68 Å². The maximum Gasteiger partial charge on any atom is 0.237 e. The molecule has 0 unspecified atom stereocenters. The van der Waals surface area contributed by atoms with Crippen LogP contribution in [-0.2, 0) is 17.9 Å². The normalized spacial score (nSPS) is 10.4. The molecular weight excluding hydrogens is 278 g/mol. The molecule has 0 radical (unpaired) electrons. The van der Waals surface area contributed by atoms with Crippen LogP contribution in [0.4, 0.5) is 0 Å². The first-order valence-electron chi connectivity index (χ1n) is 7.08. The van der Waals surface area contributed by atoms with Gasteiger partial charge in [-0.05, 0) is 24.7 Å². The van der Waals surface area contributed by atoms with Crippen molar-refractivity contribution in [2.24, 2.45) is 0 Å². The lowest BCUT2D eigenvalue weighted by Crippen LogP contribution is -2.38. The van der Waals surface area contributed by atoms with Gasteiger partial charge in [0.15, 0.2) is 0 Å². The fraction of sp³-hybridized carbons (Fsp3) is 0.294. The van der Waals surface area contributed by atoms with Crippen LogP contribution in [0.5, 0.6) is 0 Å². The number of hydrogen-bond donors (Lipinski definition) is 0. The Kier molecular flexibility index (Phi) is 5.75. The number of nitrogens with zero attached hydrogens (tertiary/aromatic N) is 3. The number of rotatable bonds is 7. The van der Waals surface area contributed by atoms with Crippen molar-refractivity contribution in [3.8, 4) is 6.07 Å². The van der Waals surface area contributed by atoms with E-state index >= 15 is 0 Å². The molecule has 2 aromatic rings. The van der Waals surface area contributed by atoms with Gasteiger partial charge >= 0.3 is 0 Å². The van der Waals surface area contributed by atoms with Crippen LogP contribution in [0.1, 0.15) is 11.3 Å². The van der Waals surface area contributed by atoms with Gasteiger partial charge in [-0.1, -0.05) is 30.3 Å². The lowest BCUT2D eigenvalue weighted by atomic mass is 10.2. The summed E-state index contributed by atoms with van der Waals surface area (Å²) in [5, 5.41) is 8.70. The number of furan rings is 1. The van der Waals surface area contributed by atoms with E-state index in [1.807, 2.05) is 48.5 Å². The minimum Gasteiger partial charge on any atom is -0.467 e. The zero-order valence-corrected chi connectivity index (χ0v) is 12.6. The average Bonchev–Trinajstić information content (AvgIpc) is 3.01. The molecule has 0 aliphatic heterocycles. The maximum absolute atomic E-state index is 12.5. The van der Waals surface area contributed by atoms with E-state index < -0.39 is 0 Å². The third kappa shape index (κ3) is 4.76. The first-order chi connectivity index (χ1) is 10.7. The van der Waals surface area contributed by atoms with E-state index in [-0.39, 0.29) is 19.0 Å². The molecule has 0 N–H and O–H groups in total. The van der Waals surface area contributed by atoms with Crippen molar-refractivity contribution in [2.45, 2.75) is 13.1 Å². The summed E-state index contributed by atoms with van der Waals surface area (Å²) in [6.45, 7) is 1.37. The Morgan fingerprint density at radius 3 is 2.59 bits per heavy atom. The van der Waals surface area contributed by atoms with E-state index in [9.17, 15) is 4.79 Å². The summed E-state index contributed by atoms with van der Waals surface area (Å²) in [5.41, 5.74) is 1.06. The Hall–Kier alpha value is -2.58. The molecule has 5 nitrogen and oxygen atoms in total. The smallest absolute Gasteiger partial charge is 0.237 e. The van der Waals surface area contributed by atoms with E-state index in [1.54, 1.807) is 23.1 Å². The molecule has 0 aliphatic rings. The number of benzene rings is 1. The average molecular weight is 297 g/mol. The topological polar surface area (TPSA) is 60.5 Å². The van der Waals surface area contributed by atoms with Crippen LogP contribution >= 0.6 is 0 Å². The predicted octanol–water partition coefficient (Wildman–Crippen LogP) is 2.26. The molecule has 0 spiro atoms. The quantitative estimate of drug-likeness (QED) is 0.736. The third-order valence-corrected chi connectivity index (χ3v) is 3.24. The highest BCUT2D eigenvalue weighted by Gasteiger charge is 2.17. The molecular formula is C17H19N3O2. The SMILES string of the molecule is CN(CC#N)CC(=O)N(Cc1ccccc1)Cc1ccco1. The molecule has 2 rings (SSSR count). The Labute approximate surface area is 130 Å². The molecule has 1 aromatic carbocycles. The van der Waals surface area contributed by atoms with Crippen LogP contribution in [-0.4, -0.2) is 35.8 Å². The van der Waals surface area contributed by atoms with Crippen LogP contribution in [0.3, 0.4) is 0 Å². The Balaban J connectivity index is 2.07. The van der Waals surface area contributed by atoms with Gasteiger partial charge < -0.3 is 9.32 Å². The molecule has 22 heavy (non-hydrogen) atoms. The summed E-state index contributed by atoms with van der Waals surface area (Å²) in [6.07, 6.45) is 1.60. The number of carbonyl (C=O) groups is 1. The highest BCUT2D eigenvalue weighted by atomic mass is 16.3. The van der Waals surface area contributed by atoms with Crippen LogP contribution in [0, 0.1) is 11.3 Å². The molecule has 5 heteroatoms. The molecule has 114 valence electrons. The molecule has 0 fully saturated rings. The van der Waals surface area contributed by atoms with Gasteiger partial charge in [-0.3, -0.25) is 9.69 Å². The molecule has 1 aromatic heterocycles. The minimum atomic E-state index is -0.0296. The second-order valence-corrected chi connectivity index (χ2v) is 5.15. The second kappa shape index (κ2) is 8.01. The third-order valence-electron chi connectivity index (χ3n) is 3.24. The summed E-state index contributed by atoms with van der Waals surface area (Å²) in [4.78, 5) is 15.9. The van der Waals surface area contributed by atoms with Crippen molar-refractivity contribution in [1.29, 1.82) is 5.26 Å². The fourth-order valence-corrected chi connectivity index (χ4v) is 2.13. The fourth-order valence-electron chi connectivity index (χ4n) is 2.13. The van der Waals surface area contributed by atoms with Crippen molar-refractivity contribution in [1.82, 2.24) is 9.80 Å². The Bertz CT molecular complexity index is 617. The van der Waals surface area contributed by atoms with Gasteiger partial charge in [0.05, 0.1) is 32.0 Å². The number of carbonyl (C=O) groups excluding carboxylic acids is 1. The monoisotopic (exact) mass is 297 g/mol. The number of nitriles is 1. The van der Waals surface area contributed by atoms with E-state index in [1.165, 1.54) is 0 Å². The highest BCUT2D eigenvalue weighted by Crippen LogP contribution is 2.11. The van der Waals surface area contributed by atoms with E-state index in [0.29, 0.717) is 13.1 Å². The van der Waals surface area contributed by atoms with Gasteiger partial charge in [-0.15, -0.1) is 0 Å². The number of likely N-dealkylation sites (N-methyl/N-ethyl adjacent to an activating group) is 1. The van der Waals surface area contributed by atoms with Crippen LogP contribution < -0.4 is 0 Å². The largest absolute Gasteiger partial charge is 0.467 e. The summed E-state index contributed by atoms with van der Waals surface area (Å²) in [6, 6.07) is 15.5. The Morgan fingerprint density at radius 2 is 1.95 bits per heavy atom. The molecule has 0 aliphatic carbocycles. The molecule has 1 amide bonds. The van der Waals surface area contributed by atoms with Crippen molar-refractivity contribution < 1.29 is 9.21 Å². The summed E-state index contributed by atoms with van der Waals surface area (Å²) >= 11 is 0. The van der Waals surface area contributed by atoms with Crippen molar-refractivity contribution in [3.05, 3.63) is 60.1 Å². The lowest BCUT2D eigenvalue weighted by molar-refractivity contribution is -0.133. The highest BCUT2D eigenvalue weighted by molar-refractivity contribution is 5.78. The van der Waals surface area contributed by atoms with E-state index in [2.05, 4.69) is 0 Å². The van der Waals surface area contributed by atoms with Crippen molar-refractivity contribution in [3.63, 3.8) is 0 Å². The Morgan fingerprint density at radius 1 is 1.18 bits per heavy atom. The number of hydrogen-bond acceptors (Lipinski definition) is 4. The molecule has 0 saturated heterocycles. The first-order valence-corrected chi connectivity index (χ1v) is 7.08. The summed E-state index contributed by atoms with van der Waals surface area (Å²) < 4.78 is 5.34. The van der Waals surface area contributed by atoms with Gasteiger partial charge in [-0.25, -0.2) is 0 Å². The van der Waals surface area contributed by atoms with Crippen LogP contribution in [0.2, 0.25) is 0 Å². The molecule has 1 heterocycles. The first kappa shape index (κ1) is 15.8. The van der Waals surface area contributed by atoms with Crippen LogP contribution in [0.25, 0.3) is 0 Å². The van der Waals surface area contributed by atoms with Gasteiger partial charge in [0.1, 0.15) is 5.76 Å². The predicted molar refractivity (Wildman–Crippen MR) is 82.5 cm³/mol. The molecule has 0 bridgehead atoms. The van der Waals surface area contributed by atoms with Gasteiger partial charge in [0.25, 0.3) is 0 Å². The van der Waals surface area contributed by atoms with Crippen molar-refractivity contribution in [2.75, 3.05) is 20.1 Å². The van der Waals surface area contributed by atoms with Gasteiger partial charge in [-0.2, -0.15) is 5.26 Å². The van der Waals surface area contributed by atoms with Gasteiger partial charge in [0.2, 0.25) is 5.91 Å². The lowest BCUT2D eigenvalue weighted by Gasteiger charge is -2.24. The standard InChI is InChI=1S/C17H19N3O2/c1-19(10-9-18)14-17(21)20(13-16-8-5-11-22-16)12-15-6-3-2-4-7-15/h2-8,11H,10,12-14H2,1H3. The van der Waals surface area contributed by atoms with Crippen molar-refractivity contribution >= 4 is 5.91 Å². The molecule has 0 atom stereocenters. The van der Waals surface area contributed by atoms with E-state index in [0.717, 1.165) is 11.3 Å². The number of amides is 1. The summed E-state index contributed by atoms with van der Waals surface area (Å²) in [7, 11) is 1.76. The van der Waals surface area contributed by atoms with Crippen LogP contribution in [0.15, 0.2) is 53.1 Å². The molecule has 0 saturated carbocycles. The zero-order valence-electron chi connectivity index (χ0n) is 12.6. The summed E-state index contributed by atoms with van der Waals surface area (Å²) in [5.74, 6) is 0.713. The van der Waals surface area contributed by atoms with Gasteiger partial charge in [0, 0.05) is 6.54 Å². The maximum atomic E-state index is 12.5. The second-order valence-electron chi connectivity index (χ2n) is 5.15. The minimum absolute atomic E-state index is 0.0296. The zero-order chi connectivity index (χ0) is 15.8.